The first kappa shape index (κ1) is 25.1. The van der Waals surface area contributed by atoms with E-state index in [9.17, 15) is 13.2 Å². The van der Waals surface area contributed by atoms with Crippen molar-refractivity contribution in [3.63, 3.8) is 0 Å². The van der Waals surface area contributed by atoms with Crippen molar-refractivity contribution in [1.82, 2.24) is 4.31 Å². The normalized spacial score (nSPS) is 16.5. The second-order valence-corrected chi connectivity index (χ2v) is 11.1. The van der Waals surface area contributed by atoms with Gasteiger partial charge in [-0.05, 0) is 49.2 Å². The Hall–Kier alpha value is -3.01. The van der Waals surface area contributed by atoms with Crippen molar-refractivity contribution < 1.29 is 22.7 Å². The molecule has 0 bridgehead atoms. The van der Waals surface area contributed by atoms with Crippen molar-refractivity contribution >= 4 is 33.4 Å². The van der Waals surface area contributed by atoms with Gasteiger partial charge in [-0.1, -0.05) is 42.1 Å². The molecular weight excluding hydrogens is 484 g/mol. The number of benzene rings is 3. The number of carbonyl (C=O) groups excluding carboxylic acids is 1. The predicted molar refractivity (Wildman–Crippen MR) is 137 cm³/mol. The molecule has 1 heterocycles. The Bertz CT molecular complexity index is 1280. The average Bonchev–Trinajstić information content (AvgIpc) is 2.90. The lowest BCUT2D eigenvalue weighted by Gasteiger charge is -2.31. The first-order valence-corrected chi connectivity index (χ1v) is 13.5. The van der Waals surface area contributed by atoms with E-state index in [0.717, 1.165) is 9.79 Å². The molecule has 1 atom stereocenters. The van der Waals surface area contributed by atoms with Crippen LogP contribution in [0.25, 0.3) is 0 Å². The van der Waals surface area contributed by atoms with Crippen molar-refractivity contribution in [2.24, 2.45) is 5.92 Å². The van der Waals surface area contributed by atoms with Crippen molar-refractivity contribution in [2.75, 3.05) is 32.6 Å². The third kappa shape index (κ3) is 5.80. The fourth-order valence-electron chi connectivity index (χ4n) is 4.01. The number of anilines is 1. The number of amides is 1. The molecule has 1 N–H and O–H groups in total. The number of methoxy groups -OCH3 is 2. The fourth-order valence-corrected chi connectivity index (χ4v) is 6.63. The molecule has 4 rings (SSSR count). The smallest absolute Gasteiger partial charge is 0.246 e. The summed E-state index contributed by atoms with van der Waals surface area (Å²) in [6.45, 7) is 0.440. The molecule has 0 unspecified atom stereocenters. The first-order chi connectivity index (χ1) is 16.9. The van der Waals surface area contributed by atoms with Crippen LogP contribution in [0.3, 0.4) is 0 Å². The highest BCUT2D eigenvalue weighted by atomic mass is 32.2. The molecule has 184 valence electrons. The van der Waals surface area contributed by atoms with E-state index < -0.39 is 15.9 Å². The van der Waals surface area contributed by atoms with Gasteiger partial charge in [-0.15, -0.1) is 0 Å². The topological polar surface area (TPSA) is 84.9 Å². The highest BCUT2D eigenvalue weighted by Crippen LogP contribution is 2.35. The van der Waals surface area contributed by atoms with Crippen LogP contribution >= 0.6 is 11.8 Å². The quantitative estimate of drug-likeness (QED) is 0.462. The monoisotopic (exact) mass is 512 g/mol. The summed E-state index contributed by atoms with van der Waals surface area (Å²) in [6.07, 6.45) is 1.20. The van der Waals surface area contributed by atoms with Crippen LogP contribution in [0.4, 0.5) is 5.69 Å². The van der Waals surface area contributed by atoms with Gasteiger partial charge in [0.1, 0.15) is 16.4 Å². The molecule has 1 aliphatic heterocycles. The van der Waals surface area contributed by atoms with E-state index in [0.29, 0.717) is 30.8 Å². The Labute approximate surface area is 210 Å². The third-order valence-electron chi connectivity index (χ3n) is 5.86. The number of rotatable bonds is 8. The number of sulfonamides is 1. The van der Waals surface area contributed by atoms with E-state index in [1.165, 1.54) is 24.6 Å². The highest BCUT2D eigenvalue weighted by molar-refractivity contribution is 7.99. The Morgan fingerprint density at radius 3 is 2.49 bits per heavy atom. The second kappa shape index (κ2) is 11.2. The molecule has 0 spiro atoms. The standard InChI is InChI=1S/C26H28N2O5S2/c1-32-20-14-15-23(33-2)25(17-20)35(30,31)28-16-8-9-19(18-28)26(29)27-22-12-6-7-13-24(22)34-21-10-4-3-5-11-21/h3-7,10-15,17,19H,8-9,16,18H2,1-2H3,(H,27,29)/t19-/m0/s1. The number of nitrogens with zero attached hydrogens (tertiary/aromatic N) is 1. The van der Waals surface area contributed by atoms with Crippen molar-refractivity contribution in [2.45, 2.75) is 27.5 Å². The second-order valence-electron chi connectivity index (χ2n) is 8.12. The molecule has 0 aliphatic carbocycles. The molecule has 1 saturated heterocycles. The van der Waals surface area contributed by atoms with Gasteiger partial charge in [0.2, 0.25) is 15.9 Å². The van der Waals surface area contributed by atoms with Crippen LogP contribution < -0.4 is 14.8 Å². The summed E-state index contributed by atoms with van der Waals surface area (Å²) >= 11 is 1.57. The molecule has 9 heteroatoms. The molecule has 1 amide bonds. The van der Waals surface area contributed by atoms with Crippen LogP contribution in [0, 0.1) is 5.92 Å². The van der Waals surface area contributed by atoms with E-state index in [1.807, 2.05) is 54.6 Å². The van der Waals surface area contributed by atoms with Gasteiger partial charge in [0.05, 0.1) is 25.8 Å². The summed E-state index contributed by atoms with van der Waals surface area (Å²) in [5.74, 6) is 0.000896. The molecule has 3 aromatic rings. The number of nitrogens with one attached hydrogen (secondary N) is 1. The molecule has 1 fully saturated rings. The summed E-state index contributed by atoms with van der Waals surface area (Å²) in [5, 5.41) is 3.03. The molecule has 0 aromatic heterocycles. The Balaban J connectivity index is 1.51. The van der Waals surface area contributed by atoms with Gasteiger partial charge in [-0.2, -0.15) is 4.31 Å². The van der Waals surface area contributed by atoms with Crippen LogP contribution in [-0.4, -0.2) is 45.9 Å². The van der Waals surface area contributed by atoms with Gasteiger partial charge in [0.25, 0.3) is 0 Å². The van der Waals surface area contributed by atoms with E-state index in [-0.39, 0.29) is 23.1 Å². The number of hydrogen-bond acceptors (Lipinski definition) is 6. The zero-order chi connectivity index (χ0) is 24.8. The minimum Gasteiger partial charge on any atom is -0.497 e. The van der Waals surface area contributed by atoms with E-state index in [2.05, 4.69) is 5.32 Å². The van der Waals surface area contributed by atoms with E-state index in [4.69, 9.17) is 9.47 Å². The zero-order valence-corrected chi connectivity index (χ0v) is 21.3. The number of hydrogen-bond donors (Lipinski definition) is 1. The van der Waals surface area contributed by atoms with Gasteiger partial charge in [0.15, 0.2) is 0 Å². The highest BCUT2D eigenvalue weighted by Gasteiger charge is 2.35. The first-order valence-electron chi connectivity index (χ1n) is 11.3. The predicted octanol–water partition coefficient (Wildman–Crippen LogP) is 4.89. The van der Waals surface area contributed by atoms with Gasteiger partial charge in [-0.25, -0.2) is 8.42 Å². The third-order valence-corrected chi connectivity index (χ3v) is 8.83. The van der Waals surface area contributed by atoms with Crippen molar-refractivity contribution in [3.05, 3.63) is 72.8 Å². The minimum atomic E-state index is -3.88. The largest absolute Gasteiger partial charge is 0.497 e. The summed E-state index contributed by atoms with van der Waals surface area (Å²) in [7, 11) is -0.973. The van der Waals surface area contributed by atoms with Crippen LogP contribution in [0.1, 0.15) is 12.8 Å². The minimum absolute atomic E-state index is 0.0324. The Morgan fingerprint density at radius 2 is 1.74 bits per heavy atom. The summed E-state index contributed by atoms with van der Waals surface area (Å²) < 4.78 is 38.8. The summed E-state index contributed by atoms with van der Waals surface area (Å²) in [5.41, 5.74) is 0.709. The van der Waals surface area contributed by atoms with Crippen LogP contribution in [0.5, 0.6) is 11.5 Å². The average molecular weight is 513 g/mol. The Kier molecular flexibility index (Phi) is 8.00. The number of ether oxygens (including phenoxy) is 2. The fraction of sp³-hybridized carbons (Fsp3) is 0.269. The van der Waals surface area contributed by atoms with Gasteiger partial charge in [-0.3, -0.25) is 4.79 Å². The zero-order valence-electron chi connectivity index (χ0n) is 19.6. The lowest BCUT2D eigenvalue weighted by molar-refractivity contribution is -0.120. The maximum Gasteiger partial charge on any atom is 0.246 e. The number of para-hydroxylation sites is 1. The van der Waals surface area contributed by atoms with Gasteiger partial charge >= 0.3 is 0 Å². The Morgan fingerprint density at radius 1 is 1.00 bits per heavy atom. The molecule has 1 aliphatic rings. The maximum absolute atomic E-state index is 13.5. The van der Waals surface area contributed by atoms with Gasteiger partial charge < -0.3 is 14.8 Å². The molecule has 3 aromatic carbocycles. The molecule has 0 saturated carbocycles. The van der Waals surface area contributed by atoms with E-state index >= 15 is 0 Å². The SMILES string of the molecule is COc1ccc(OC)c(S(=O)(=O)N2CCC[C@H](C(=O)Nc3ccccc3Sc3ccccc3)C2)c1. The maximum atomic E-state index is 13.5. The lowest BCUT2D eigenvalue weighted by atomic mass is 9.99. The molecule has 35 heavy (non-hydrogen) atoms. The van der Waals surface area contributed by atoms with Crippen LogP contribution in [0.2, 0.25) is 0 Å². The number of piperidine rings is 1. The molecular formula is C26H28N2O5S2. The summed E-state index contributed by atoms with van der Waals surface area (Å²) in [6, 6.07) is 22.2. The number of carbonyl (C=O) groups is 1. The van der Waals surface area contributed by atoms with Crippen LogP contribution in [-0.2, 0) is 14.8 Å². The molecule has 7 nitrogen and oxygen atoms in total. The van der Waals surface area contributed by atoms with Crippen molar-refractivity contribution in [1.29, 1.82) is 0 Å². The van der Waals surface area contributed by atoms with Crippen LogP contribution in [0.15, 0.2) is 87.5 Å². The van der Waals surface area contributed by atoms with Crippen molar-refractivity contribution in [3.8, 4) is 11.5 Å². The lowest BCUT2D eigenvalue weighted by Crippen LogP contribution is -2.43. The summed E-state index contributed by atoms with van der Waals surface area (Å²) in [4.78, 5) is 15.2. The van der Waals surface area contributed by atoms with Gasteiger partial charge in [0, 0.05) is 28.9 Å². The van der Waals surface area contributed by atoms with E-state index in [1.54, 1.807) is 23.9 Å². The molecule has 0 radical (unpaired) electrons.